The zero-order valence-electron chi connectivity index (χ0n) is 15.7. The summed E-state index contributed by atoms with van der Waals surface area (Å²) in [5.41, 5.74) is 2.01. The number of Topliss-reactive ketones (excluding diaryl/α,β-unsaturated/α-hetero) is 1. The smallest absolute Gasteiger partial charge is 0.455 e. The van der Waals surface area contributed by atoms with Crippen LogP contribution >= 0.6 is 0 Å². The largest absolute Gasteiger partial charge is 0.490 e. The minimum atomic E-state index is -4.94. The molecule has 2 saturated carbocycles. The van der Waals surface area contributed by atoms with Crippen LogP contribution in [0.4, 0.5) is 13.2 Å². The van der Waals surface area contributed by atoms with Gasteiger partial charge in [-0.25, -0.2) is 4.79 Å². The summed E-state index contributed by atoms with van der Waals surface area (Å²) < 4.78 is 42.2. The number of carbonyl (C=O) groups excluding carboxylic acids is 2. The highest BCUT2D eigenvalue weighted by Gasteiger charge is 2.56. The summed E-state index contributed by atoms with van der Waals surface area (Å²) in [4.78, 5) is 23.6. The summed E-state index contributed by atoms with van der Waals surface area (Å²) >= 11 is 0. The van der Waals surface area contributed by atoms with Crippen LogP contribution in [0.5, 0.6) is 0 Å². The van der Waals surface area contributed by atoms with Crippen LogP contribution in [0.2, 0.25) is 0 Å². The Hall–Kier alpha value is -1.59. The van der Waals surface area contributed by atoms with Gasteiger partial charge in [-0.3, -0.25) is 4.79 Å². The van der Waals surface area contributed by atoms with Gasteiger partial charge in [0.2, 0.25) is 0 Å². The number of ether oxygens (including phenoxy) is 1. The summed E-state index contributed by atoms with van der Waals surface area (Å²) in [6.07, 6.45) is 3.35. The molecule has 2 fully saturated rings. The highest BCUT2D eigenvalue weighted by molar-refractivity contribution is 5.92. The van der Waals surface area contributed by atoms with Crippen molar-refractivity contribution < 1.29 is 27.5 Å². The Morgan fingerprint density at radius 3 is 2.63 bits per heavy atom. The molecule has 1 unspecified atom stereocenters. The molecule has 0 aromatic carbocycles. The molecule has 4 aliphatic rings. The summed E-state index contributed by atoms with van der Waals surface area (Å²) in [6.45, 7) is 4.27. The average molecular weight is 382 g/mol. The lowest BCUT2D eigenvalue weighted by Crippen LogP contribution is -2.48. The molecule has 0 bridgehead atoms. The number of fused-ring (bicyclic) bond motifs is 5. The van der Waals surface area contributed by atoms with Gasteiger partial charge >= 0.3 is 12.1 Å². The highest BCUT2D eigenvalue weighted by Crippen LogP contribution is 2.62. The van der Waals surface area contributed by atoms with Crippen LogP contribution in [-0.4, -0.2) is 24.0 Å². The zero-order chi connectivity index (χ0) is 19.6. The monoisotopic (exact) mass is 382 g/mol. The number of carbonyl (C=O) groups is 2. The van der Waals surface area contributed by atoms with Gasteiger partial charge in [0.25, 0.3) is 0 Å². The second kappa shape index (κ2) is 5.95. The summed E-state index contributed by atoms with van der Waals surface area (Å²) in [5.74, 6) is -1.02. The Morgan fingerprint density at radius 1 is 1.19 bits per heavy atom. The summed E-state index contributed by atoms with van der Waals surface area (Å²) in [5, 5.41) is 0. The molecule has 0 N–H and O–H groups in total. The zero-order valence-corrected chi connectivity index (χ0v) is 15.7. The molecule has 0 spiro atoms. The van der Waals surface area contributed by atoms with Gasteiger partial charge < -0.3 is 4.74 Å². The van der Waals surface area contributed by atoms with E-state index in [0.29, 0.717) is 43.3 Å². The number of alkyl halides is 3. The van der Waals surface area contributed by atoms with Gasteiger partial charge in [0, 0.05) is 18.3 Å². The first-order valence-corrected chi connectivity index (χ1v) is 9.77. The van der Waals surface area contributed by atoms with E-state index in [-0.39, 0.29) is 10.8 Å². The normalized spacial score (nSPS) is 41.1. The maximum Gasteiger partial charge on any atom is 0.490 e. The van der Waals surface area contributed by atoms with Gasteiger partial charge in [0.15, 0.2) is 0 Å². The van der Waals surface area contributed by atoms with Crippen molar-refractivity contribution in [3.63, 3.8) is 0 Å². The van der Waals surface area contributed by atoms with Crippen LogP contribution in [0.3, 0.4) is 0 Å². The van der Waals surface area contributed by atoms with Crippen molar-refractivity contribution in [2.45, 2.75) is 71.1 Å². The number of rotatable bonds is 1. The fourth-order valence-corrected chi connectivity index (χ4v) is 6.10. The number of hydrogen-bond donors (Lipinski definition) is 0. The Morgan fingerprint density at radius 2 is 1.93 bits per heavy atom. The first kappa shape index (κ1) is 18.8. The van der Waals surface area contributed by atoms with E-state index in [1.807, 2.05) is 0 Å². The minimum absolute atomic E-state index is 0.0855. The Balaban J connectivity index is 1.55. The number of ketones is 1. The van der Waals surface area contributed by atoms with Gasteiger partial charge in [-0.15, -0.1) is 0 Å². The fraction of sp³-hybridized carbons (Fsp3) is 0.714. The maximum absolute atomic E-state index is 12.5. The molecule has 0 heterocycles. The van der Waals surface area contributed by atoms with Gasteiger partial charge in [-0.2, -0.15) is 13.2 Å². The van der Waals surface area contributed by atoms with Gasteiger partial charge in [-0.05, 0) is 56.3 Å². The predicted molar refractivity (Wildman–Crippen MR) is 92.6 cm³/mol. The lowest BCUT2D eigenvalue weighted by atomic mass is 9.49. The SMILES string of the molecule is C[C@]12CC[C@H]3[C@@H](CC=C4CC(OC(=O)C(F)(F)F)CC[C@@]43C)C1=CCC2=O. The van der Waals surface area contributed by atoms with Gasteiger partial charge in [0.1, 0.15) is 11.9 Å². The number of allylic oxidation sites excluding steroid dienone is 3. The first-order valence-electron chi connectivity index (χ1n) is 9.77. The van der Waals surface area contributed by atoms with Crippen molar-refractivity contribution >= 4 is 11.8 Å². The van der Waals surface area contributed by atoms with E-state index in [9.17, 15) is 22.8 Å². The molecular weight excluding hydrogens is 357 g/mol. The van der Waals surface area contributed by atoms with Crippen LogP contribution in [0.25, 0.3) is 0 Å². The van der Waals surface area contributed by atoms with E-state index < -0.39 is 18.2 Å². The Bertz CT molecular complexity index is 750. The number of esters is 1. The van der Waals surface area contributed by atoms with Crippen LogP contribution in [0.1, 0.15) is 58.8 Å². The first-order chi connectivity index (χ1) is 12.6. The molecule has 4 aliphatic carbocycles. The third kappa shape index (κ3) is 2.78. The molecule has 5 atom stereocenters. The maximum atomic E-state index is 12.5. The summed E-state index contributed by atoms with van der Waals surface area (Å²) in [6, 6.07) is 0. The second-order valence-corrected chi connectivity index (χ2v) is 9.02. The van der Waals surface area contributed by atoms with Crippen molar-refractivity contribution in [2.75, 3.05) is 0 Å². The van der Waals surface area contributed by atoms with Gasteiger partial charge in [0.05, 0.1) is 0 Å². The van der Waals surface area contributed by atoms with Crippen LogP contribution in [0.15, 0.2) is 23.3 Å². The molecule has 0 amide bonds. The van der Waals surface area contributed by atoms with Crippen molar-refractivity contribution in [1.82, 2.24) is 0 Å². The van der Waals surface area contributed by atoms with E-state index in [1.165, 1.54) is 5.57 Å². The molecule has 0 aromatic rings. The molecule has 6 heteroatoms. The van der Waals surface area contributed by atoms with Crippen molar-refractivity contribution in [2.24, 2.45) is 22.7 Å². The lowest BCUT2D eigenvalue weighted by molar-refractivity contribution is -0.206. The molecular formula is C21H25F3O3. The van der Waals surface area contributed by atoms with Crippen LogP contribution in [-0.2, 0) is 14.3 Å². The number of halogens is 3. The highest BCUT2D eigenvalue weighted by atomic mass is 19.4. The van der Waals surface area contributed by atoms with E-state index >= 15 is 0 Å². The van der Waals surface area contributed by atoms with E-state index in [1.54, 1.807) is 0 Å². The molecule has 148 valence electrons. The molecule has 0 aliphatic heterocycles. The molecule has 3 nitrogen and oxygen atoms in total. The topological polar surface area (TPSA) is 43.4 Å². The van der Waals surface area contributed by atoms with E-state index in [0.717, 1.165) is 24.8 Å². The summed E-state index contributed by atoms with van der Waals surface area (Å²) in [7, 11) is 0. The average Bonchev–Trinajstić information content (AvgIpc) is 2.89. The molecule has 0 aromatic heterocycles. The third-order valence-electron chi connectivity index (χ3n) is 7.71. The molecule has 0 radical (unpaired) electrons. The molecule has 27 heavy (non-hydrogen) atoms. The lowest BCUT2D eigenvalue weighted by Gasteiger charge is -2.55. The van der Waals surface area contributed by atoms with Crippen molar-refractivity contribution in [3.05, 3.63) is 23.3 Å². The standard InChI is InChI=1S/C21H25F3O3/c1-19-9-7-13(27-18(26)21(22,23)24)11-12(19)3-4-14-15-5-6-17(25)20(15,2)10-8-16(14)19/h3,5,13-14,16H,4,6-11H2,1-2H3/t13?,14-,16-,19-,20-/m0/s1. The Kier molecular flexibility index (Phi) is 4.13. The Labute approximate surface area is 157 Å². The van der Waals surface area contributed by atoms with Crippen LogP contribution in [0, 0.1) is 22.7 Å². The second-order valence-electron chi connectivity index (χ2n) is 9.02. The molecule has 0 saturated heterocycles. The third-order valence-corrected chi connectivity index (χ3v) is 7.71. The molecule has 4 rings (SSSR count). The van der Waals surface area contributed by atoms with Crippen molar-refractivity contribution in [1.29, 1.82) is 0 Å². The van der Waals surface area contributed by atoms with Crippen LogP contribution < -0.4 is 0 Å². The number of hydrogen-bond acceptors (Lipinski definition) is 3. The minimum Gasteiger partial charge on any atom is -0.455 e. The van der Waals surface area contributed by atoms with Gasteiger partial charge in [-0.1, -0.05) is 30.2 Å². The van der Waals surface area contributed by atoms with E-state index in [4.69, 9.17) is 4.74 Å². The quantitative estimate of drug-likeness (QED) is 0.478. The predicted octanol–water partition coefficient (Wildman–Crippen LogP) is 4.91. The van der Waals surface area contributed by atoms with Crippen molar-refractivity contribution in [3.8, 4) is 0 Å². The van der Waals surface area contributed by atoms with E-state index in [2.05, 4.69) is 26.0 Å². The fourth-order valence-electron chi connectivity index (χ4n) is 6.10.